The molecule has 4 nitrogen and oxygen atoms in total. The van der Waals surface area contributed by atoms with Crippen LogP contribution in [0.15, 0.2) is 6.07 Å². The fourth-order valence-electron chi connectivity index (χ4n) is 2.51. The van der Waals surface area contributed by atoms with Crippen molar-refractivity contribution in [3.8, 4) is 0 Å². The average Bonchev–Trinajstić information content (AvgIpc) is 2.83. The minimum absolute atomic E-state index is 0.0133. The molecule has 1 aromatic rings. The van der Waals surface area contributed by atoms with Crippen LogP contribution in [0, 0.1) is 13.8 Å². The molecule has 1 aliphatic rings. The SMILES string of the molecule is Cc1cc(C(=O)N2CCCC2CC(=O)O)c(C)s1. The van der Waals surface area contributed by atoms with Crippen molar-refractivity contribution in [2.24, 2.45) is 0 Å². The molecule has 0 saturated carbocycles. The highest BCUT2D eigenvalue weighted by Gasteiger charge is 2.31. The number of rotatable bonds is 3. The van der Waals surface area contributed by atoms with Gasteiger partial charge in [-0.2, -0.15) is 0 Å². The van der Waals surface area contributed by atoms with Crippen LogP contribution in [0.5, 0.6) is 0 Å². The van der Waals surface area contributed by atoms with Crippen LogP contribution >= 0.6 is 11.3 Å². The highest BCUT2D eigenvalue weighted by atomic mass is 32.1. The Balaban J connectivity index is 2.17. The number of carboxylic acids is 1. The van der Waals surface area contributed by atoms with E-state index in [4.69, 9.17) is 5.11 Å². The topological polar surface area (TPSA) is 57.6 Å². The Morgan fingerprint density at radius 2 is 2.22 bits per heavy atom. The first-order valence-corrected chi connectivity index (χ1v) is 6.90. The highest BCUT2D eigenvalue weighted by Crippen LogP contribution is 2.27. The Labute approximate surface area is 110 Å². The third-order valence-corrected chi connectivity index (χ3v) is 4.29. The lowest BCUT2D eigenvalue weighted by molar-refractivity contribution is -0.137. The van der Waals surface area contributed by atoms with E-state index in [1.54, 1.807) is 16.2 Å². The van der Waals surface area contributed by atoms with Gasteiger partial charge in [-0.05, 0) is 32.8 Å². The summed E-state index contributed by atoms with van der Waals surface area (Å²) in [5.41, 5.74) is 0.731. The van der Waals surface area contributed by atoms with Crippen LogP contribution < -0.4 is 0 Å². The van der Waals surface area contributed by atoms with E-state index in [1.807, 2.05) is 19.9 Å². The molecule has 18 heavy (non-hydrogen) atoms. The van der Waals surface area contributed by atoms with Crippen molar-refractivity contribution in [2.75, 3.05) is 6.54 Å². The average molecular weight is 267 g/mol. The zero-order valence-corrected chi connectivity index (χ0v) is 11.4. The molecule has 0 aromatic carbocycles. The fourth-order valence-corrected chi connectivity index (χ4v) is 3.43. The second-order valence-corrected chi connectivity index (χ2v) is 6.18. The Kier molecular flexibility index (Phi) is 3.71. The maximum atomic E-state index is 12.4. The van der Waals surface area contributed by atoms with Gasteiger partial charge in [0.05, 0.1) is 12.0 Å². The van der Waals surface area contributed by atoms with E-state index in [2.05, 4.69) is 0 Å². The van der Waals surface area contributed by atoms with Gasteiger partial charge in [-0.25, -0.2) is 0 Å². The quantitative estimate of drug-likeness (QED) is 0.915. The Hall–Kier alpha value is -1.36. The van der Waals surface area contributed by atoms with Crippen LogP contribution in [-0.2, 0) is 4.79 Å². The van der Waals surface area contributed by atoms with Gasteiger partial charge in [-0.3, -0.25) is 9.59 Å². The summed E-state index contributed by atoms with van der Waals surface area (Å²) in [5.74, 6) is -0.849. The van der Waals surface area contributed by atoms with Crippen molar-refractivity contribution in [1.82, 2.24) is 4.90 Å². The van der Waals surface area contributed by atoms with Gasteiger partial charge in [0.1, 0.15) is 0 Å². The lowest BCUT2D eigenvalue weighted by atomic mass is 10.1. The molecule has 98 valence electrons. The maximum Gasteiger partial charge on any atom is 0.305 e. The van der Waals surface area contributed by atoms with Crippen molar-refractivity contribution in [3.63, 3.8) is 0 Å². The summed E-state index contributed by atoms with van der Waals surface area (Å²) in [6, 6.07) is 1.76. The third kappa shape index (κ3) is 2.56. The van der Waals surface area contributed by atoms with Gasteiger partial charge in [0.2, 0.25) is 0 Å². The van der Waals surface area contributed by atoms with Crippen LogP contribution in [0.2, 0.25) is 0 Å². The maximum absolute atomic E-state index is 12.4. The van der Waals surface area contributed by atoms with Crippen molar-refractivity contribution in [2.45, 2.75) is 39.2 Å². The number of amides is 1. The van der Waals surface area contributed by atoms with Gasteiger partial charge in [0.25, 0.3) is 5.91 Å². The predicted molar refractivity (Wildman–Crippen MR) is 70.1 cm³/mol. The molecule has 1 saturated heterocycles. The number of aliphatic carboxylic acids is 1. The molecule has 1 aromatic heterocycles. The minimum atomic E-state index is -0.835. The molecule has 0 aliphatic carbocycles. The summed E-state index contributed by atoms with van der Waals surface area (Å²) < 4.78 is 0. The third-order valence-electron chi connectivity index (χ3n) is 3.32. The molecule has 2 rings (SSSR count). The van der Waals surface area contributed by atoms with E-state index in [1.165, 1.54) is 0 Å². The van der Waals surface area contributed by atoms with Gasteiger partial charge in [-0.15, -0.1) is 11.3 Å². The van der Waals surface area contributed by atoms with Crippen LogP contribution in [0.3, 0.4) is 0 Å². The van der Waals surface area contributed by atoms with Crippen LogP contribution in [0.4, 0.5) is 0 Å². The second-order valence-electron chi connectivity index (χ2n) is 4.72. The number of carbonyl (C=O) groups is 2. The number of carbonyl (C=O) groups excluding carboxylic acids is 1. The summed E-state index contributed by atoms with van der Waals surface area (Å²) in [6.07, 6.45) is 1.74. The van der Waals surface area contributed by atoms with Gasteiger partial charge < -0.3 is 10.0 Å². The normalized spacial score (nSPS) is 19.2. The predicted octanol–water partition coefficient (Wildman–Crippen LogP) is 2.44. The van der Waals surface area contributed by atoms with Crippen LogP contribution in [0.25, 0.3) is 0 Å². The van der Waals surface area contributed by atoms with Gasteiger partial charge in [0.15, 0.2) is 0 Å². The van der Waals surface area contributed by atoms with Crippen molar-refractivity contribution >= 4 is 23.2 Å². The van der Waals surface area contributed by atoms with Gasteiger partial charge in [0, 0.05) is 22.3 Å². The molecule has 0 spiro atoms. The summed E-state index contributed by atoms with van der Waals surface area (Å²) in [5, 5.41) is 8.87. The minimum Gasteiger partial charge on any atom is -0.481 e. The van der Waals surface area contributed by atoms with E-state index < -0.39 is 5.97 Å². The first-order valence-electron chi connectivity index (χ1n) is 6.09. The zero-order valence-electron chi connectivity index (χ0n) is 10.6. The number of hydrogen-bond donors (Lipinski definition) is 1. The monoisotopic (exact) mass is 267 g/mol. The molecule has 1 atom stereocenters. The molecule has 5 heteroatoms. The number of carboxylic acid groups (broad SMARTS) is 1. The molecule has 0 bridgehead atoms. The Morgan fingerprint density at radius 3 is 2.78 bits per heavy atom. The van der Waals surface area contributed by atoms with Crippen molar-refractivity contribution in [1.29, 1.82) is 0 Å². The molecule has 0 radical (unpaired) electrons. The van der Waals surface area contributed by atoms with Crippen LogP contribution in [0.1, 0.15) is 39.4 Å². The van der Waals surface area contributed by atoms with Crippen molar-refractivity contribution in [3.05, 3.63) is 21.4 Å². The number of hydrogen-bond acceptors (Lipinski definition) is 3. The van der Waals surface area contributed by atoms with Crippen molar-refractivity contribution < 1.29 is 14.7 Å². The van der Waals surface area contributed by atoms with Gasteiger partial charge >= 0.3 is 5.97 Å². The molecule has 1 fully saturated rings. The molecular weight excluding hydrogens is 250 g/mol. The van der Waals surface area contributed by atoms with Gasteiger partial charge in [-0.1, -0.05) is 0 Å². The number of aryl methyl sites for hydroxylation is 2. The van der Waals surface area contributed by atoms with E-state index in [0.717, 1.165) is 28.2 Å². The second kappa shape index (κ2) is 5.10. The first-order chi connectivity index (χ1) is 8.49. The van der Waals surface area contributed by atoms with E-state index in [9.17, 15) is 9.59 Å². The Bertz CT molecular complexity index is 481. The summed E-state index contributed by atoms with van der Waals surface area (Å²) in [4.78, 5) is 27.1. The first kappa shape index (κ1) is 13.1. The standard InChI is InChI=1S/C13H17NO3S/c1-8-6-11(9(2)18-8)13(17)14-5-3-4-10(14)7-12(15)16/h6,10H,3-5,7H2,1-2H3,(H,15,16). The number of nitrogens with zero attached hydrogens (tertiary/aromatic N) is 1. The van der Waals surface area contributed by atoms with Crippen LogP contribution in [-0.4, -0.2) is 34.5 Å². The molecular formula is C13H17NO3S. The molecule has 1 amide bonds. The lowest BCUT2D eigenvalue weighted by Crippen LogP contribution is -2.36. The van der Waals surface area contributed by atoms with E-state index in [-0.39, 0.29) is 18.4 Å². The summed E-state index contributed by atoms with van der Waals surface area (Å²) in [7, 11) is 0. The van der Waals surface area contributed by atoms with E-state index >= 15 is 0 Å². The lowest BCUT2D eigenvalue weighted by Gasteiger charge is -2.23. The fraction of sp³-hybridized carbons (Fsp3) is 0.538. The largest absolute Gasteiger partial charge is 0.481 e. The number of thiophene rings is 1. The highest BCUT2D eigenvalue weighted by molar-refractivity contribution is 7.12. The number of likely N-dealkylation sites (tertiary alicyclic amines) is 1. The Morgan fingerprint density at radius 1 is 1.50 bits per heavy atom. The van der Waals surface area contributed by atoms with E-state index in [0.29, 0.717) is 6.54 Å². The molecule has 2 heterocycles. The molecule has 1 aliphatic heterocycles. The summed E-state index contributed by atoms with van der Waals surface area (Å²) in [6.45, 7) is 4.59. The zero-order chi connectivity index (χ0) is 13.3. The molecule has 1 N–H and O–H groups in total. The summed E-state index contributed by atoms with van der Waals surface area (Å²) >= 11 is 1.61. The molecule has 1 unspecified atom stereocenters. The smallest absolute Gasteiger partial charge is 0.305 e.